The Morgan fingerprint density at radius 1 is 0.969 bits per heavy atom. The highest BCUT2D eigenvalue weighted by molar-refractivity contribution is 7.92. The average Bonchev–Trinajstić information content (AvgIpc) is 2.82. The Bertz CT molecular complexity index is 1170. The molecule has 0 heterocycles. The Balaban J connectivity index is 1.89. The molecule has 0 unspecified atom stereocenters. The molecular weight excluding hydrogens is 452 g/mol. The minimum Gasteiger partial charge on any atom is -0.497 e. The van der Waals surface area contributed by atoms with Gasteiger partial charge in [-0.15, -0.1) is 0 Å². The van der Waals surface area contributed by atoms with E-state index in [0.29, 0.717) is 10.8 Å². The predicted molar refractivity (Wildman–Crippen MR) is 124 cm³/mol. The van der Waals surface area contributed by atoms with Crippen LogP contribution in [0.5, 0.6) is 11.5 Å². The molecule has 0 saturated heterocycles. The summed E-state index contributed by atoms with van der Waals surface area (Å²) in [6, 6.07) is 19.7. The Morgan fingerprint density at radius 2 is 1.66 bits per heavy atom. The maximum Gasteiger partial charge on any atom is 0.264 e. The molecule has 1 amide bonds. The third-order valence-electron chi connectivity index (χ3n) is 4.68. The van der Waals surface area contributed by atoms with Crippen LogP contribution in [0.1, 0.15) is 5.56 Å². The fourth-order valence-corrected chi connectivity index (χ4v) is 4.62. The van der Waals surface area contributed by atoms with Gasteiger partial charge in [-0.2, -0.15) is 0 Å². The molecular formula is C23H23ClN2O5S. The van der Waals surface area contributed by atoms with E-state index in [2.05, 4.69) is 5.32 Å². The molecule has 3 rings (SSSR count). The van der Waals surface area contributed by atoms with E-state index in [9.17, 15) is 13.2 Å². The number of amides is 1. The van der Waals surface area contributed by atoms with Gasteiger partial charge in [0.05, 0.1) is 24.8 Å². The van der Waals surface area contributed by atoms with Crippen molar-refractivity contribution >= 4 is 33.2 Å². The van der Waals surface area contributed by atoms with Crippen LogP contribution in [0.25, 0.3) is 0 Å². The van der Waals surface area contributed by atoms with Crippen LogP contribution in [-0.4, -0.2) is 35.1 Å². The molecule has 0 radical (unpaired) electrons. The first-order valence-electron chi connectivity index (χ1n) is 9.66. The molecule has 7 nitrogen and oxygen atoms in total. The van der Waals surface area contributed by atoms with Crippen molar-refractivity contribution in [2.45, 2.75) is 11.4 Å². The van der Waals surface area contributed by atoms with Crippen molar-refractivity contribution in [3.8, 4) is 11.5 Å². The lowest BCUT2D eigenvalue weighted by atomic mass is 10.2. The van der Waals surface area contributed by atoms with Crippen LogP contribution in [0.15, 0.2) is 77.7 Å². The summed E-state index contributed by atoms with van der Waals surface area (Å²) in [5.41, 5.74) is 1.01. The number of hydrogen-bond acceptors (Lipinski definition) is 5. The molecule has 0 aliphatic rings. The molecule has 168 valence electrons. The van der Waals surface area contributed by atoms with E-state index >= 15 is 0 Å². The molecule has 0 saturated carbocycles. The lowest BCUT2D eigenvalue weighted by Crippen LogP contribution is -2.40. The zero-order chi connectivity index (χ0) is 23.1. The van der Waals surface area contributed by atoms with Crippen molar-refractivity contribution in [1.29, 1.82) is 0 Å². The first-order chi connectivity index (χ1) is 15.3. The summed E-state index contributed by atoms with van der Waals surface area (Å²) in [6.07, 6.45) is 0. The predicted octanol–water partition coefficient (Wildman–Crippen LogP) is 3.87. The van der Waals surface area contributed by atoms with E-state index in [1.807, 2.05) is 12.1 Å². The molecule has 0 fully saturated rings. The number of sulfonamides is 1. The summed E-state index contributed by atoms with van der Waals surface area (Å²) in [6.45, 7) is -0.223. The van der Waals surface area contributed by atoms with Gasteiger partial charge in [-0.1, -0.05) is 41.9 Å². The van der Waals surface area contributed by atoms with Crippen molar-refractivity contribution in [1.82, 2.24) is 5.32 Å². The Labute approximate surface area is 192 Å². The number of hydrogen-bond donors (Lipinski definition) is 1. The number of methoxy groups -OCH3 is 2. The molecule has 0 spiro atoms. The first-order valence-corrected chi connectivity index (χ1v) is 11.5. The number of halogens is 1. The van der Waals surface area contributed by atoms with E-state index < -0.39 is 22.5 Å². The second kappa shape index (κ2) is 10.4. The van der Waals surface area contributed by atoms with Crippen LogP contribution in [0.4, 0.5) is 5.69 Å². The van der Waals surface area contributed by atoms with Crippen molar-refractivity contribution < 1.29 is 22.7 Å². The Morgan fingerprint density at radius 3 is 2.28 bits per heavy atom. The second-order valence-corrected chi connectivity index (χ2v) is 9.06. The Kier molecular flexibility index (Phi) is 7.61. The number of carbonyl (C=O) groups excluding carboxylic acids is 1. The number of anilines is 1. The molecule has 0 aliphatic carbocycles. The van der Waals surface area contributed by atoms with Gasteiger partial charge in [0.2, 0.25) is 5.91 Å². The molecule has 0 atom stereocenters. The highest BCUT2D eigenvalue weighted by atomic mass is 35.5. The van der Waals surface area contributed by atoms with E-state index in [-0.39, 0.29) is 22.9 Å². The van der Waals surface area contributed by atoms with E-state index in [1.165, 1.54) is 25.3 Å². The molecule has 3 aromatic rings. The standard InChI is InChI=1S/C23H23ClN2O5S/c1-30-19-11-8-17(9-12-19)15-25-23(27)16-26(21-14-18(24)10-13-22(21)31-2)32(28,29)20-6-4-3-5-7-20/h3-14H,15-16H2,1-2H3,(H,25,27). The van der Waals surface area contributed by atoms with Gasteiger partial charge in [0, 0.05) is 11.6 Å². The monoisotopic (exact) mass is 474 g/mol. The summed E-state index contributed by atoms with van der Waals surface area (Å²) in [7, 11) is -1.08. The fourth-order valence-electron chi connectivity index (χ4n) is 3.01. The van der Waals surface area contributed by atoms with Crippen LogP contribution in [0.3, 0.4) is 0 Å². The third-order valence-corrected chi connectivity index (χ3v) is 6.69. The summed E-state index contributed by atoms with van der Waals surface area (Å²) in [4.78, 5) is 12.8. The largest absolute Gasteiger partial charge is 0.497 e. The normalized spacial score (nSPS) is 11.0. The van der Waals surface area contributed by atoms with Crippen LogP contribution >= 0.6 is 11.6 Å². The maximum absolute atomic E-state index is 13.4. The number of nitrogens with one attached hydrogen (secondary N) is 1. The molecule has 32 heavy (non-hydrogen) atoms. The number of rotatable bonds is 9. The summed E-state index contributed by atoms with van der Waals surface area (Å²) >= 11 is 6.13. The fraction of sp³-hybridized carbons (Fsp3) is 0.174. The molecule has 0 aromatic heterocycles. The molecule has 9 heteroatoms. The number of nitrogens with zero attached hydrogens (tertiary/aromatic N) is 1. The van der Waals surface area contributed by atoms with E-state index in [1.54, 1.807) is 49.6 Å². The average molecular weight is 475 g/mol. The Hall–Kier alpha value is -3.23. The van der Waals surface area contributed by atoms with Crippen LogP contribution in [-0.2, 0) is 21.4 Å². The summed E-state index contributed by atoms with van der Waals surface area (Å²) in [5, 5.41) is 3.07. The minimum absolute atomic E-state index is 0.0463. The summed E-state index contributed by atoms with van der Waals surface area (Å²) in [5.74, 6) is 0.493. The second-order valence-electron chi connectivity index (χ2n) is 6.77. The van der Waals surface area contributed by atoms with Gasteiger partial charge in [0.1, 0.15) is 18.0 Å². The lowest BCUT2D eigenvalue weighted by Gasteiger charge is -2.26. The van der Waals surface area contributed by atoms with Gasteiger partial charge >= 0.3 is 0 Å². The van der Waals surface area contributed by atoms with Gasteiger partial charge in [0.25, 0.3) is 10.0 Å². The quantitative estimate of drug-likeness (QED) is 0.509. The van der Waals surface area contributed by atoms with Crippen molar-refractivity contribution in [3.63, 3.8) is 0 Å². The van der Waals surface area contributed by atoms with E-state index in [0.717, 1.165) is 9.87 Å². The maximum atomic E-state index is 13.4. The molecule has 3 aromatic carbocycles. The third kappa shape index (κ3) is 5.52. The SMILES string of the molecule is COc1ccc(CNC(=O)CN(c2cc(Cl)ccc2OC)S(=O)(=O)c2ccccc2)cc1. The van der Waals surface area contributed by atoms with Gasteiger partial charge in [-0.05, 0) is 48.0 Å². The van der Waals surface area contributed by atoms with Crippen LogP contribution < -0.4 is 19.1 Å². The summed E-state index contributed by atoms with van der Waals surface area (Å²) < 4.78 is 38.3. The lowest BCUT2D eigenvalue weighted by molar-refractivity contribution is -0.119. The zero-order valence-corrected chi connectivity index (χ0v) is 19.2. The van der Waals surface area contributed by atoms with Gasteiger partial charge in [-0.25, -0.2) is 8.42 Å². The van der Waals surface area contributed by atoms with Crippen molar-refractivity contribution in [2.24, 2.45) is 0 Å². The van der Waals surface area contributed by atoms with Gasteiger partial charge < -0.3 is 14.8 Å². The molecule has 0 aliphatic heterocycles. The molecule has 1 N–H and O–H groups in total. The van der Waals surface area contributed by atoms with Crippen molar-refractivity contribution in [3.05, 3.63) is 83.4 Å². The van der Waals surface area contributed by atoms with Crippen LogP contribution in [0, 0.1) is 0 Å². The highest BCUT2D eigenvalue weighted by Crippen LogP contribution is 2.34. The zero-order valence-electron chi connectivity index (χ0n) is 17.6. The topological polar surface area (TPSA) is 84.9 Å². The van der Waals surface area contributed by atoms with E-state index in [4.69, 9.17) is 21.1 Å². The van der Waals surface area contributed by atoms with Crippen molar-refractivity contribution in [2.75, 3.05) is 25.1 Å². The molecule has 0 bridgehead atoms. The van der Waals surface area contributed by atoms with Crippen LogP contribution in [0.2, 0.25) is 5.02 Å². The minimum atomic E-state index is -4.07. The first kappa shape index (κ1) is 23.4. The smallest absolute Gasteiger partial charge is 0.264 e. The van der Waals surface area contributed by atoms with Gasteiger partial charge in [0.15, 0.2) is 0 Å². The number of carbonyl (C=O) groups is 1. The number of benzene rings is 3. The number of ether oxygens (including phenoxy) is 2. The highest BCUT2D eigenvalue weighted by Gasteiger charge is 2.29. The van der Waals surface area contributed by atoms with Gasteiger partial charge in [-0.3, -0.25) is 9.10 Å².